The summed E-state index contributed by atoms with van der Waals surface area (Å²) in [4.78, 5) is 5.18. The number of rotatable bonds is 6. The maximum absolute atomic E-state index is 6.25. The molecule has 0 aliphatic carbocycles. The van der Waals surface area contributed by atoms with Gasteiger partial charge in [-0.3, -0.25) is 9.80 Å². The fraction of sp³-hybridized carbons (Fsp3) is 0.448. The number of hydrogen-bond donors (Lipinski definition) is 0. The molecular weight excluding hydrogens is 408 g/mol. The van der Waals surface area contributed by atoms with Crippen molar-refractivity contribution in [1.29, 1.82) is 0 Å². The summed E-state index contributed by atoms with van der Waals surface area (Å²) < 4.78 is 11.7. The van der Waals surface area contributed by atoms with Gasteiger partial charge in [-0.1, -0.05) is 48.5 Å². The highest BCUT2D eigenvalue weighted by molar-refractivity contribution is 5.86. The zero-order valence-electron chi connectivity index (χ0n) is 19.4. The molecule has 0 aromatic heterocycles. The van der Waals surface area contributed by atoms with Crippen LogP contribution in [-0.4, -0.2) is 62.3 Å². The maximum Gasteiger partial charge on any atom is 0.119 e. The van der Waals surface area contributed by atoms with E-state index in [1.54, 1.807) is 0 Å². The van der Waals surface area contributed by atoms with Gasteiger partial charge in [-0.2, -0.15) is 0 Å². The quantitative estimate of drug-likeness (QED) is 0.489. The third-order valence-corrected chi connectivity index (χ3v) is 7.76. The Hall–Kier alpha value is -2.40. The lowest BCUT2D eigenvalue weighted by Gasteiger charge is -2.38. The molecule has 0 spiro atoms. The number of ether oxygens (including phenoxy) is 2. The van der Waals surface area contributed by atoms with Gasteiger partial charge in [0.2, 0.25) is 0 Å². The Morgan fingerprint density at radius 3 is 2.70 bits per heavy atom. The van der Waals surface area contributed by atoms with Gasteiger partial charge in [0.1, 0.15) is 5.75 Å². The SMILES string of the molecule is c1ccc2c(C3CN4CCCC4c4cc(OCCCN5CCOCC5)ccc43)cccc2c1. The molecule has 3 aliphatic rings. The van der Waals surface area contributed by atoms with Crippen molar-refractivity contribution in [3.8, 4) is 5.75 Å². The van der Waals surface area contributed by atoms with Gasteiger partial charge in [0.25, 0.3) is 0 Å². The Bertz CT molecular complexity index is 1100. The van der Waals surface area contributed by atoms with Crippen molar-refractivity contribution < 1.29 is 9.47 Å². The Balaban J connectivity index is 1.24. The third-order valence-electron chi connectivity index (χ3n) is 7.76. The summed E-state index contributed by atoms with van der Waals surface area (Å²) in [5.41, 5.74) is 4.44. The second-order valence-electron chi connectivity index (χ2n) is 9.72. The molecule has 2 unspecified atom stereocenters. The molecule has 3 aromatic rings. The van der Waals surface area contributed by atoms with E-state index in [1.807, 2.05) is 0 Å². The van der Waals surface area contributed by atoms with E-state index < -0.39 is 0 Å². The summed E-state index contributed by atoms with van der Waals surface area (Å²) in [7, 11) is 0. The molecule has 6 rings (SSSR count). The average molecular weight is 443 g/mol. The van der Waals surface area contributed by atoms with Gasteiger partial charge in [-0.05, 0) is 65.4 Å². The average Bonchev–Trinajstić information content (AvgIpc) is 3.35. The monoisotopic (exact) mass is 442 g/mol. The van der Waals surface area contributed by atoms with E-state index >= 15 is 0 Å². The molecule has 2 atom stereocenters. The molecule has 3 heterocycles. The van der Waals surface area contributed by atoms with Gasteiger partial charge in [0, 0.05) is 38.1 Å². The minimum Gasteiger partial charge on any atom is -0.494 e. The molecule has 0 radical (unpaired) electrons. The van der Waals surface area contributed by atoms with Crippen molar-refractivity contribution in [3.05, 3.63) is 77.4 Å². The summed E-state index contributed by atoms with van der Waals surface area (Å²) >= 11 is 0. The largest absolute Gasteiger partial charge is 0.494 e. The number of fused-ring (bicyclic) bond motifs is 4. The van der Waals surface area contributed by atoms with Gasteiger partial charge in [-0.15, -0.1) is 0 Å². The van der Waals surface area contributed by atoms with Crippen LogP contribution in [0.2, 0.25) is 0 Å². The lowest BCUT2D eigenvalue weighted by atomic mass is 9.80. The summed E-state index contributed by atoms with van der Waals surface area (Å²) in [5.74, 6) is 1.44. The van der Waals surface area contributed by atoms with Gasteiger partial charge >= 0.3 is 0 Å². The van der Waals surface area contributed by atoms with Gasteiger partial charge in [0.15, 0.2) is 0 Å². The Morgan fingerprint density at radius 2 is 1.76 bits per heavy atom. The molecule has 4 nitrogen and oxygen atoms in total. The van der Waals surface area contributed by atoms with E-state index in [0.717, 1.165) is 58.2 Å². The van der Waals surface area contributed by atoms with Crippen molar-refractivity contribution in [3.63, 3.8) is 0 Å². The molecule has 0 bridgehead atoms. The topological polar surface area (TPSA) is 24.9 Å². The molecular formula is C29H34N2O2. The van der Waals surface area contributed by atoms with Crippen molar-refractivity contribution in [2.75, 3.05) is 52.5 Å². The second-order valence-corrected chi connectivity index (χ2v) is 9.72. The van der Waals surface area contributed by atoms with Crippen molar-refractivity contribution in [2.24, 2.45) is 0 Å². The highest BCUT2D eigenvalue weighted by atomic mass is 16.5. The highest BCUT2D eigenvalue weighted by Crippen LogP contribution is 2.46. The first-order valence-electron chi connectivity index (χ1n) is 12.7. The van der Waals surface area contributed by atoms with E-state index in [0.29, 0.717) is 12.0 Å². The van der Waals surface area contributed by atoms with Crippen LogP contribution in [0.25, 0.3) is 10.8 Å². The zero-order chi connectivity index (χ0) is 22.0. The van der Waals surface area contributed by atoms with Crippen LogP contribution in [0.4, 0.5) is 0 Å². The molecule has 3 aromatic carbocycles. The van der Waals surface area contributed by atoms with Gasteiger partial charge < -0.3 is 9.47 Å². The zero-order valence-corrected chi connectivity index (χ0v) is 19.4. The predicted octanol–water partition coefficient (Wildman–Crippen LogP) is 5.22. The van der Waals surface area contributed by atoms with E-state index in [9.17, 15) is 0 Å². The van der Waals surface area contributed by atoms with Crippen LogP contribution in [0.5, 0.6) is 5.75 Å². The third kappa shape index (κ3) is 4.28. The molecule has 0 amide bonds. The summed E-state index contributed by atoms with van der Waals surface area (Å²) in [6.07, 6.45) is 3.61. The standard InChI is InChI=1S/C29H34N2O2/c1-2-8-24-22(6-1)7-3-9-25(24)28-21-31-14-4-10-29(31)27-20-23(11-12-26(27)28)33-17-5-13-30-15-18-32-19-16-30/h1-3,6-9,11-12,20,28-29H,4-5,10,13-19,21H2. The maximum atomic E-state index is 6.25. The fourth-order valence-electron chi connectivity index (χ4n) is 6.10. The number of benzene rings is 3. The summed E-state index contributed by atoms with van der Waals surface area (Å²) in [5, 5.41) is 2.72. The minimum absolute atomic E-state index is 0.413. The lowest BCUT2D eigenvalue weighted by molar-refractivity contribution is 0.0358. The van der Waals surface area contributed by atoms with Crippen LogP contribution < -0.4 is 4.74 Å². The second kappa shape index (κ2) is 9.46. The van der Waals surface area contributed by atoms with E-state index in [4.69, 9.17) is 9.47 Å². The van der Waals surface area contributed by atoms with Crippen LogP contribution in [0.1, 0.15) is 47.9 Å². The predicted molar refractivity (Wildman–Crippen MR) is 133 cm³/mol. The molecule has 33 heavy (non-hydrogen) atoms. The highest BCUT2D eigenvalue weighted by Gasteiger charge is 2.37. The van der Waals surface area contributed by atoms with Crippen LogP contribution in [0, 0.1) is 0 Å². The molecule has 3 aliphatic heterocycles. The molecule has 0 saturated carbocycles. The van der Waals surface area contributed by atoms with Gasteiger partial charge in [0.05, 0.1) is 19.8 Å². The number of nitrogens with zero attached hydrogens (tertiary/aromatic N) is 2. The van der Waals surface area contributed by atoms with E-state index in [2.05, 4.69) is 70.5 Å². The molecule has 172 valence electrons. The minimum atomic E-state index is 0.413. The Kier molecular flexibility index (Phi) is 6.06. The first-order valence-corrected chi connectivity index (χ1v) is 12.7. The molecule has 4 heteroatoms. The van der Waals surface area contributed by atoms with Gasteiger partial charge in [-0.25, -0.2) is 0 Å². The van der Waals surface area contributed by atoms with Crippen LogP contribution in [-0.2, 0) is 4.74 Å². The molecule has 2 fully saturated rings. The molecule has 2 saturated heterocycles. The van der Waals surface area contributed by atoms with E-state index in [-0.39, 0.29) is 0 Å². The fourth-order valence-corrected chi connectivity index (χ4v) is 6.10. The Morgan fingerprint density at radius 1 is 0.879 bits per heavy atom. The first-order chi connectivity index (χ1) is 16.4. The van der Waals surface area contributed by atoms with Crippen molar-refractivity contribution in [1.82, 2.24) is 9.80 Å². The Labute approximate surface area is 197 Å². The van der Waals surface area contributed by atoms with E-state index in [1.165, 1.54) is 46.8 Å². The number of hydrogen-bond acceptors (Lipinski definition) is 4. The van der Waals surface area contributed by atoms with Crippen LogP contribution in [0.3, 0.4) is 0 Å². The lowest BCUT2D eigenvalue weighted by Crippen LogP contribution is -2.37. The normalized spacial score (nSPS) is 23.4. The number of morpholine rings is 1. The smallest absolute Gasteiger partial charge is 0.119 e. The first kappa shape index (κ1) is 21.2. The van der Waals surface area contributed by atoms with Crippen LogP contribution in [0.15, 0.2) is 60.7 Å². The van der Waals surface area contributed by atoms with Crippen molar-refractivity contribution >= 4 is 10.8 Å². The van der Waals surface area contributed by atoms with Crippen molar-refractivity contribution in [2.45, 2.75) is 31.2 Å². The van der Waals surface area contributed by atoms with Crippen LogP contribution >= 0.6 is 0 Å². The summed E-state index contributed by atoms with van der Waals surface area (Å²) in [6, 6.07) is 23.1. The summed E-state index contributed by atoms with van der Waals surface area (Å²) in [6.45, 7) is 8.01. The molecule has 0 N–H and O–H groups in total.